The topological polar surface area (TPSA) is 103 Å². The Hall–Kier alpha value is -2.96. The van der Waals surface area contributed by atoms with Crippen molar-refractivity contribution in [2.24, 2.45) is 0 Å². The molecule has 0 saturated carbocycles. The number of aromatic nitrogens is 2. The van der Waals surface area contributed by atoms with Crippen LogP contribution in [0.15, 0.2) is 54.9 Å². The normalized spacial score (nSPS) is 9.96. The van der Waals surface area contributed by atoms with Crippen molar-refractivity contribution in [2.75, 3.05) is 0 Å². The average molecular weight is 373 g/mol. The lowest BCUT2D eigenvalue weighted by atomic mass is 9.98. The van der Waals surface area contributed by atoms with E-state index in [0.717, 1.165) is 11.4 Å². The predicted molar refractivity (Wildman–Crippen MR) is 97.5 cm³/mol. The first-order valence-electron chi connectivity index (χ1n) is 7.66. The summed E-state index contributed by atoms with van der Waals surface area (Å²) < 4.78 is 0. The molecule has 1 aromatic heterocycles. The fraction of sp³-hybridized carbons (Fsp3) is 0.105. The Balaban J connectivity index is 0.000000254. The number of aliphatic hydroxyl groups is 1. The van der Waals surface area contributed by atoms with Crippen LogP contribution in [0.2, 0.25) is 5.02 Å². The number of carboxylic acid groups (broad SMARTS) is 1. The number of aliphatic hydroxyl groups excluding tert-OH is 1. The third kappa shape index (κ3) is 4.78. The van der Waals surface area contributed by atoms with E-state index in [1.54, 1.807) is 42.7 Å². The summed E-state index contributed by atoms with van der Waals surface area (Å²) >= 11 is 5.74. The molecule has 3 rings (SSSR count). The number of imidazole rings is 1. The molecule has 0 atom stereocenters. The van der Waals surface area contributed by atoms with E-state index in [0.29, 0.717) is 10.6 Å². The second-order valence-corrected chi connectivity index (χ2v) is 5.75. The van der Waals surface area contributed by atoms with E-state index in [2.05, 4.69) is 9.97 Å². The van der Waals surface area contributed by atoms with Crippen molar-refractivity contribution < 1.29 is 19.8 Å². The van der Waals surface area contributed by atoms with E-state index in [1.165, 1.54) is 12.1 Å². The number of H-pyrrole nitrogens is 1. The van der Waals surface area contributed by atoms with Crippen molar-refractivity contribution in [1.29, 1.82) is 0 Å². The first-order chi connectivity index (χ1) is 12.4. The largest absolute Gasteiger partial charge is 0.478 e. The zero-order valence-electron chi connectivity index (χ0n) is 13.9. The van der Waals surface area contributed by atoms with Gasteiger partial charge in [0.15, 0.2) is 5.78 Å². The van der Waals surface area contributed by atoms with E-state index in [-0.39, 0.29) is 23.5 Å². The van der Waals surface area contributed by atoms with Crippen LogP contribution >= 0.6 is 11.6 Å². The van der Waals surface area contributed by atoms with Gasteiger partial charge in [-0.15, -0.1) is 0 Å². The number of hydrogen-bond donors (Lipinski definition) is 3. The maximum Gasteiger partial charge on any atom is 0.336 e. The van der Waals surface area contributed by atoms with Crippen molar-refractivity contribution >= 4 is 23.4 Å². The molecule has 6 nitrogen and oxygen atoms in total. The highest BCUT2D eigenvalue weighted by Crippen LogP contribution is 2.17. The quantitative estimate of drug-likeness (QED) is 0.608. The Bertz CT molecular complexity index is 904. The number of halogens is 1. The molecule has 0 bridgehead atoms. The highest BCUT2D eigenvalue weighted by molar-refractivity contribution is 6.30. The van der Waals surface area contributed by atoms with Gasteiger partial charge in [0, 0.05) is 16.1 Å². The van der Waals surface area contributed by atoms with Crippen LogP contribution in [0.4, 0.5) is 0 Å². The van der Waals surface area contributed by atoms with Crippen molar-refractivity contribution in [3.63, 3.8) is 0 Å². The van der Waals surface area contributed by atoms with Gasteiger partial charge >= 0.3 is 5.97 Å². The standard InChI is InChI=1S/C14H9ClO3.C5H8N2O/c15-10-7-5-9(6-8-10)13(16)11-3-1-2-4-12(11)14(17)18;1-4-5(2-8)7-3-6-4/h1-8H,(H,17,18);3,8H,2H2,1H3,(H,6,7). The molecule has 0 saturated heterocycles. The Kier molecular flexibility index (Phi) is 6.66. The first-order valence-corrected chi connectivity index (χ1v) is 8.04. The number of aryl methyl sites for hydroxylation is 1. The van der Waals surface area contributed by atoms with Gasteiger partial charge < -0.3 is 15.2 Å². The molecule has 0 radical (unpaired) electrons. The van der Waals surface area contributed by atoms with Crippen molar-refractivity contribution in [3.05, 3.63) is 88.0 Å². The molecule has 0 amide bonds. The molecule has 3 N–H and O–H groups in total. The summed E-state index contributed by atoms with van der Waals surface area (Å²) in [7, 11) is 0. The SMILES string of the molecule is Cc1nc[nH]c1CO.O=C(O)c1ccccc1C(=O)c1ccc(Cl)cc1. The molecule has 2 aromatic carbocycles. The number of rotatable bonds is 4. The molecular formula is C19H17ClN2O4. The smallest absolute Gasteiger partial charge is 0.336 e. The third-order valence-electron chi connectivity index (χ3n) is 3.60. The molecule has 1 heterocycles. The van der Waals surface area contributed by atoms with Crippen LogP contribution in [-0.4, -0.2) is 31.9 Å². The fourth-order valence-electron chi connectivity index (χ4n) is 2.17. The molecule has 0 unspecified atom stereocenters. The Morgan fingerprint density at radius 3 is 2.15 bits per heavy atom. The number of ketones is 1. The number of aromatic amines is 1. The highest BCUT2D eigenvalue weighted by Gasteiger charge is 2.16. The molecule has 0 aliphatic heterocycles. The van der Waals surface area contributed by atoms with Crippen LogP contribution in [0, 0.1) is 6.92 Å². The number of nitrogens with one attached hydrogen (secondary N) is 1. The van der Waals surface area contributed by atoms with Crippen molar-refractivity contribution in [2.45, 2.75) is 13.5 Å². The van der Waals surface area contributed by atoms with E-state index in [9.17, 15) is 9.59 Å². The van der Waals surface area contributed by atoms with Crippen LogP contribution < -0.4 is 0 Å². The monoisotopic (exact) mass is 372 g/mol. The van der Waals surface area contributed by atoms with E-state index < -0.39 is 5.97 Å². The van der Waals surface area contributed by atoms with Crippen LogP contribution in [0.1, 0.15) is 37.7 Å². The van der Waals surface area contributed by atoms with Crippen LogP contribution in [-0.2, 0) is 6.61 Å². The molecule has 3 aromatic rings. The second-order valence-electron chi connectivity index (χ2n) is 5.31. The summed E-state index contributed by atoms with van der Waals surface area (Å²) in [6, 6.07) is 12.5. The molecule has 26 heavy (non-hydrogen) atoms. The lowest BCUT2D eigenvalue weighted by Gasteiger charge is -2.05. The second kappa shape index (κ2) is 8.94. The van der Waals surface area contributed by atoms with Gasteiger partial charge in [-0.2, -0.15) is 0 Å². The zero-order chi connectivity index (χ0) is 19.1. The molecule has 0 fully saturated rings. The van der Waals surface area contributed by atoms with Gasteiger partial charge in [0.2, 0.25) is 0 Å². The Morgan fingerprint density at radius 2 is 1.69 bits per heavy atom. The number of hydrogen-bond acceptors (Lipinski definition) is 4. The van der Waals surface area contributed by atoms with Gasteiger partial charge in [-0.3, -0.25) is 4.79 Å². The number of nitrogens with zero attached hydrogens (tertiary/aromatic N) is 1. The van der Waals surface area contributed by atoms with Gasteiger partial charge in [-0.05, 0) is 37.3 Å². The summed E-state index contributed by atoms with van der Waals surface area (Å²) in [5.41, 5.74) is 2.25. The van der Waals surface area contributed by atoms with Gasteiger partial charge in [0.1, 0.15) is 0 Å². The third-order valence-corrected chi connectivity index (χ3v) is 3.85. The highest BCUT2D eigenvalue weighted by atomic mass is 35.5. The maximum atomic E-state index is 12.2. The minimum atomic E-state index is -1.12. The summed E-state index contributed by atoms with van der Waals surface area (Å²) in [5.74, 6) is -1.45. The van der Waals surface area contributed by atoms with Gasteiger partial charge in [-0.1, -0.05) is 29.8 Å². The Morgan fingerprint density at radius 1 is 1.08 bits per heavy atom. The zero-order valence-corrected chi connectivity index (χ0v) is 14.7. The number of carbonyl (C=O) groups is 2. The average Bonchev–Trinajstić information content (AvgIpc) is 3.07. The summed E-state index contributed by atoms with van der Waals surface area (Å²) in [5, 5.41) is 18.1. The van der Waals surface area contributed by atoms with Gasteiger partial charge in [-0.25, -0.2) is 9.78 Å². The molecule has 7 heteroatoms. The Labute approximate surface area is 155 Å². The summed E-state index contributed by atoms with van der Waals surface area (Å²) in [4.78, 5) is 29.9. The molecule has 0 aliphatic carbocycles. The number of benzene rings is 2. The maximum absolute atomic E-state index is 12.2. The summed E-state index contributed by atoms with van der Waals surface area (Å²) in [6.07, 6.45) is 1.57. The van der Waals surface area contributed by atoms with Crippen LogP contribution in [0.25, 0.3) is 0 Å². The number of aromatic carboxylic acids is 1. The first kappa shape index (κ1) is 19.4. The van der Waals surface area contributed by atoms with Crippen LogP contribution in [0.5, 0.6) is 0 Å². The van der Waals surface area contributed by atoms with E-state index in [4.69, 9.17) is 21.8 Å². The molecule has 134 valence electrons. The van der Waals surface area contributed by atoms with Gasteiger partial charge in [0.25, 0.3) is 0 Å². The van der Waals surface area contributed by atoms with E-state index >= 15 is 0 Å². The lowest BCUT2D eigenvalue weighted by molar-refractivity contribution is 0.0693. The van der Waals surface area contributed by atoms with Crippen LogP contribution in [0.3, 0.4) is 0 Å². The fourth-order valence-corrected chi connectivity index (χ4v) is 2.30. The molecule has 0 spiro atoms. The van der Waals surface area contributed by atoms with Gasteiger partial charge in [0.05, 0.1) is 29.9 Å². The predicted octanol–water partition coefficient (Wildman–Crippen LogP) is 3.48. The van der Waals surface area contributed by atoms with Crippen molar-refractivity contribution in [3.8, 4) is 0 Å². The van der Waals surface area contributed by atoms with Crippen molar-refractivity contribution in [1.82, 2.24) is 9.97 Å². The number of carboxylic acids is 1. The van der Waals surface area contributed by atoms with E-state index in [1.807, 2.05) is 6.92 Å². The number of carbonyl (C=O) groups excluding carboxylic acids is 1. The lowest BCUT2D eigenvalue weighted by Crippen LogP contribution is -2.09. The summed E-state index contributed by atoms with van der Waals surface area (Å²) in [6.45, 7) is 1.90. The molecular weight excluding hydrogens is 356 g/mol. The minimum Gasteiger partial charge on any atom is -0.478 e. The minimum absolute atomic E-state index is 0.00236. The molecule has 0 aliphatic rings.